The summed E-state index contributed by atoms with van der Waals surface area (Å²) in [6.45, 7) is 0.139. The molecule has 0 radical (unpaired) electrons. The van der Waals surface area contributed by atoms with Crippen molar-refractivity contribution in [3.63, 3.8) is 0 Å². The summed E-state index contributed by atoms with van der Waals surface area (Å²) in [5, 5.41) is 48.6. The Morgan fingerprint density at radius 1 is 1.17 bits per heavy atom. The maximum absolute atomic E-state index is 14.1. The molecule has 12 heteroatoms. The van der Waals surface area contributed by atoms with Gasteiger partial charge in [-0.1, -0.05) is 6.07 Å². The number of hydrogen-bond donors (Lipinski definition) is 6. The van der Waals surface area contributed by atoms with E-state index in [1.54, 1.807) is 44.6 Å². The van der Waals surface area contributed by atoms with E-state index < -0.39 is 58.0 Å². The van der Waals surface area contributed by atoms with Gasteiger partial charge in [0, 0.05) is 49.6 Å². The van der Waals surface area contributed by atoms with Crippen molar-refractivity contribution in [1.82, 2.24) is 9.88 Å². The highest BCUT2D eigenvalue weighted by Gasteiger charge is 2.63. The Morgan fingerprint density at radius 3 is 2.46 bits per heavy atom. The Kier molecular flexibility index (Phi) is 6.79. The van der Waals surface area contributed by atoms with Crippen LogP contribution in [0.2, 0.25) is 0 Å². The van der Waals surface area contributed by atoms with Crippen molar-refractivity contribution in [2.75, 3.05) is 38.4 Å². The molecule has 3 aliphatic carbocycles. The molecule has 7 N–H and O–H groups in total. The highest BCUT2D eigenvalue weighted by molar-refractivity contribution is 6.25. The van der Waals surface area contributed by atoms with Gasteiger partial charge in [0.1, 0.15) is 28.7 Å². The number of fused-ring (bicyclic) bond motifs is 3. The Balaban J connectivity index is 1.66. The summed E-state index contributed by atoms with van der Waals surface area (Å²) in [4.78, 5) is 47.3. The quantitative estimate of drug-likeness (QED) is 0.277. The number of pyridine rings is 1. The number of aromatic hydroxyl groups is 1. The predicted octanol–water partition coefficient (Wildman–Crippen LogP) is 1.19. The molecule has 0 unspecified atom stereocenters. The van der Waals surface area contributed by atoms with E-state index in [4.69, 9.17) is 5.73 Å². The fourth-order valence-corrected chi connectivity index (χ4v) is 6.54. The lowest BCUT2D eigenvalue weighted by Crippen LogP contribution is -2.63. The summed E-state index contributed by atoms with van der Waals surface area (Å²) in [5.41, 5.74) is 3.31. The second-order valence-corrected chi connectivity index (χ2v) is 11.2. The van der Waals surface area contributed by atoms with Gasteiger partial charge in [0.05, 0.1) is 11.6 Å². The van der Waals surface area contributed by atoms with Crippen LogP contribution in [-0.2, 0) is 22.6 Å². The molecular weight excluding hydrogens is 530 g/mol. The van der Waals surface area contributed by atoms with Crippen LogP contribution in [0.15, 0.2) is 53.1 Å². The molecule has 4 atom stereocenters. The van der Waals surface area contributed by atoms with E-state index in [1.165, 1.54) is 4.90 Å². The molecule has 1 amide bonds. The minimum absolute atomic E-state index is 0.0301. The maximum Gasteiger partial charge on any atom is 0.255 e. The zero-order valence-electron chi connectivity index (χ0n) is 23.2. The van der Waals surface area contributed by atoms with Crippen molar-refractivity contribution >= 4 is 29.0 Å². The maximum atomic E-state index is 14.1. The van der Waals surface area contributed by atoms with E-state index in [0.29, 0.717) is 22.6 Å². The van der Waals surface area contributed by atoms with Crippen molar-refractivity contribution in [1.29, 1.82) is 0 Å². The van der Waals surface area contributed by atoms with Gasteiger partial charge in [0.25, 0.3) is 5.91 Å². The number of nitrogens with zero attached hydrogens (tertiary/aromatic N) is 3. The van der Waals surface area contributed by atoms with Crippen molar-refractivity contribution in [2.45, 2.75) is 31.0 Å². The van der Waals surface area contributed by atoms with E-state index in [1.807, 2.05) is 19.0 Å². The van der Waals surface area contributed by atoms with Gasteiger partial charge < -0.3 is 36.4 Å². The summed E-state index contributed by atoms with van der Waals surface area (Å²) < 4.78 is 0. The summed E-state index contributed by atoms with van der Waals surface area (Å²) in [7, 11) is 6.81. The summed E-state index contributed by atoms with van der Waals surface area (Å²) in [6.07, 6.45) is 1.86. The standard InChI is InChI=1S/C29H33N5O7/c1-33(2)17-11-14(12-32-18-7-5-6-8-31-18)23(35)20-15(17)9-13-10-16-22(34(3)4)25(37)21(28(30)40)27(39)29(16,41)26(38)19(13)24(20)36/h5-8,11,13,16,22,35,37-38,41H,9-10,12H2,1-4H3,(H2,30,40)(H,31,32)/t13-,16-,22-,29+/m1/s1. The molecule has 0 fully saturated rings. The Labute approximate surface area is 236 Å². The minimum atomic E-state index is -2.68. The molecule has 0 bridgehead atoms. The number of carbonyl (C=O) groups excluding carboxylic acids is 3. The molecule has 0 saturated carbocycles. The average molecular weight is 564 g/mol. The second kappa shape index (κ2) is 9.89. The molecule has 0 saturated heterocycles. The smallest absolute Gasteiger partial charge is 0.255 e. The molecule has 0 spiro atoms. The van der Waals surface area contributed by atoms with Crippen LogP contribution in [0.5, 0.6) is 5.75 Å². The zero-order chi connectivity index (χ0) is 30.0. The molecular formula is C29H33N5O7. The number of nitrogens with one attached hydrogen (secondary N) is 1. The molecule has 5 rings (SSSR count). The number of aliphatic hydroxyl groups excluding tert-OH is 2. The van der Waals surface area contributed by atoms with Gasteiger partial charge in [-0.05, 0) is 56.6 Å². The van der Waals surface area contributed by atoms with Crippen LogP contribution in [-0.4, -0.2) is 87.6 Å². The number of ketones is 2. The largest absolute Gasteiger partial charge is 0.510 e. The zero-order valence-corrected chi connectivity index (χ0v) is 23.2. The lowest BCUT2D eigenvalue weighted by atomic mass is 9.58. The number of aliphatic hydroxyl groups is 3. The number of carbonyl (C=O) groups is 3. The van der Waals surface area contributed by atoms with Gasteiger partial charge in [0.15, 0.2) is 11.4 Å². The SMILES string of the molecule is CN(C)c1cc(CNc2ccccn2)c(O)c2c1C[C@@H]1C[C@@H]3[C@@H](N(C)C)C(O)=C(C(N)=O)C(=O)[C@@]3(O)C(O)=C1C2=O. The average Bonchev–Trinajstić information content (AvgIpc) is 2.90. The number of hydrogen-bond acceptors (Lipinski definition) is 11. The minimum Gasteiger partial charge on any atom is -0.510 e. The van der Waals surface area contributed by atoms with Crippen LogP contribution in [0, 0.1) is 11.8 Å². The molecule has 1 heterocycles. The molecule has 0 aliphatic heterocycles. The first-order valence-electron chi connectivity index (χ1n) is 13.1. The van der Waals surface area contributed by atoms with E-state index in [0.717, 1.165) is 0 Å². The first kappa shape index (κ1) is 28.1. The van der Waals surface area contributed by atoms with E-state index in [-0.39, 0.29) is 36.3 Å². The van der Waals surface area contributed by atoms with Crippen LogP contribution in [0.4, 0.5) is 11.5 Å². The number of phenols is 1. The topological polar surface area (TPSA) is 190 Å². The molecule has 41 heavy (non-hydrogen) atoms. The normalized spacial score (nSPS) is 25.6. The lowest BCUT2D eigenvalue weighted by molar-refractivity contribution is -0.148. The number of aromatic nitrogens is 1. The van der Waals surface area contributed by atoms with Gasteiger partial charge >= 0.3 is 0 Å². The third-order valence-electron chi connectivity index (χ3n) is 8.38. The van der Waals surface area contributed by atoms with Gasteiger partial charge in [0.2, 0.25) is 5.78 Å². The summed E-state index contributed by atoms with van der Waals surface area (Å²) in [5.74, 6) is -6.18. The number of likely N-dealkylation sites (N-methyl/N-ethyl adjacent to an activating group) is 1. The lowest BCUT2D eigenvalue weighted by Gasteiger charge is -2.50. The predicted molar refractivity (Wildman–Crippen MR) is 150 cm³/mol. The number of phenolic OH excluding ortho intramolecular Hbond substituents is 1. The molecule has 3 aliphatic rings. The Hall–Kier alpha value is -4.42. The van der Waals surface area contributed by atoms with Crippen molar-refractivity contribution < 1.29 is 34.8 Å². The molecule has 2 aromatic rings. The highest BCUT2D eigenvalue weighted by Crippen LogP contribution is 2.53. The first-order valence-corrected chi connectivity index (χ1v) is 13.1. The summed E-state index contributed by atoms with van der Waals surface area (Å²) in [6, 6.07) is 6.08. The number of anilines is 2. The van der Waals surface area contributed by atoms with Gasteiger partial charge in [-0.15, -0.1) is 0 Å². The molecule has 1 aromatic heterocycles. The van der Waals surface area contributed by atoms with Gasteiger partial charge in [-0.25, -0.2) is 4.98 Å². The number of Topliss-reactive ketones (excluding diaryl/α,β-unsaturated/α-hetero) is 2. The van der Waals surface area contributed by atoms with Crippen LogP contribution < -0.4 is 16.0 Å². The number of allylic oxidation sites excluding steroid dienone is 1. The van der Waals surface area contributed by atoms with E-state index in [2.05, 4.69) is 10.3 Å². The molecule has 12 nitrogen and oxygen atoms in total. The van der Waals surface area contributed by atoms with Gasteiger partial charge in [-0.2, -0.15) is 0 Å². The van der Waals surface area contributed by atoms with Crippen molar-refractivity contribution in [2.24, 2.45) is 17.6 Å². The number of nitrogens with two attached hydrogens (primary N) is 1. The fraction of sp³-hybridized carbons (Fsp3) is 0.379. The van der Waals surface area contributed by atoms with Gasteiger partial charge in [-0.3, -0.25) is 19.3 Å². The van der Waals surface area contributed by atoms with Crippen molar-refractivity contribution in [3.05, 3.63) is 69.8 Å². The van der Waals surface area contributed by atoms with E-state index >= 15 is 0 Å². The molecule has 1 aromatic carbocycles. The first-order chi connectivity index (χ1) is 19.3. The number of rotatable bonds is 6. The van der Waals surface area contributed by atoms with Crippen LogP contribution in [0.1, 0.15) is 27.9 Å². The number of benzene rings is 1. The molecule has 216 valence electrons. The Bertz CT molecular complexity index is 1530. The summed E-state index contributed by atoms with van der Waals surface area (Å²) >= 11 is 0. The van der Waals surface area contributed by atoms with E-state index in [9.17, 15) is 34.8 Å². The third-order valence-corrected chi connectivity index (χ3v) is 8.38. The number of primary amides is 1. The monoisotopic (exact) mass is 563 g/mol. The number of amides is 1. The van der Waals surface area contributed by atoms with Crippen molar-refractivity contribution in [3.8, 4) is 5.75 Å². The third kappa shape index (κ3) is 4.13. The fourth-order valence-electron chi connectivity index (χ4n) is 6.54. The Morgan fingerprint density at radius 2 is 1.88 bits per heavy atom. The second-order valence-electron chi connectivity index (χ2n) is 11.2. The van der Waals surface area contributed by atoms with Crippen LogP contribution in [0.25, 0.3) is 0 Å². The highest BCUT2D eigenvalue weighted by atomic mass is 16.3. The van der Waals surface area contributed by atoms with Crippen LogP contribution >= 0.6 is 0 Å². The van der Waals surface area contributed by atoms with Crippen LogP contribution in [0.3, 0.4) is 0 Å².